The Labute approximate surface area is 427 Å². The maximum absolute atomic E-state index is 12.8. The van der Waals surface area contributed by atoms with Gasteiger partial charge in [-0.15, -0.1) is 0 Å². The van der Waals surface area contributed by atoms with Crippen molar-refractivity contribution in [2.75, 3.05) is 13.2 Å². The molecule has 1 unspecified atom stereocenters. The summed E-state index contributed by atoms with van der Waals surface area (Å²) in [6.45, 7) is 6.53. The van der Waals surface area contributed by atoms with Crippen LogP contribution >= 0.6 is 0 Å². The maximum atomic E-state index is 12.8. The molecular formula is C63H110O6. The monoisotopic (exact) mass is 963 g/mol. The molecule has 0 aliphatic heterocycles. The first-order valence-electron chi connectivity index (χ1n) is 29.4. The molecule has 1 atom stereocenters. The summed E-state index contributed by atoms with van der Waals surface area (Å²) in [5, 5.41) is 0. The molecule has 0 amide bonds. The minimum atomic E-state index is -0.778. The van der Waals surface area contributed by atoms with Crippen LogP contribution in [0.4, 0.5) is 0 Å². The highest BCUT2D eigenvalue weighted by molar-refractivity contribution is 5.71. The Bertz CT molecular complexity index is 1290. The molecule has 0 spiro atoms. The molecule has 0 aromatic heterocycles. The van der Waals surface area contributed by atoms with E-state index in [-0.39, 0.29) is 31.1 Å². The van der Waals surface area contributed by atoms with Crippen LogP contribution in [0.3, 0.4) is 0 Å². The molecule has 0 aliphatic rings. The van der Waals surface area contributed by atoms with Crippen molar-refractivity contribution in [1.29, 1.82) is 0 Å². The molecule has 0 aromatic rings. The van der Waals surface area contributed by atoms with E-state index < -0.39 is 6.10 Å². The van der Waals surface area contributed by atoms with Crippen LogP contribution in [0, 0.1) is 0 Å². The number of ether oxygens (including phenoxy) is 3. The fourth-order valence-corrected chi connectivity index (χ4v) is 8.33. The second-order valence-electron chi connectivity index (χ2n) is 19.5. The van der Waals surface area contributed by atoms with E-state index in [9.17, 15) is 14.4 Å². The highest BCUT2D eigenvalue weighted by Gasteiger charge is 2.19. The molecule has 6 heteroatoms. The Morgan fingerprint density at radius 1 is 0.304 bits per heavy atom. The summed E-state index contributed by atoms with van der Waals surface area (Å²) in [6, 6.07) is 0. The van der Waals surface area contributed by atoms with Crippen molar-refractivity contribution in [2.24, 2.45) is 0 Å². The summed E-state index contributed by atoms with van der Waals surface area (Å²) in [7, 11) is 0. The van der Waals surface area contributed by atoms with E-state index in [1.807, 2.05) is 0 Å². The zero-order valence-electron chi connectivity index (χ0n) is 45.6. The molecule has 0 aliphatic carbocycles. The van der Waals surface area contributed by atoms with Gasteiger partial charge in [-0.2, -0.15) is 0 Å². The van der Waals surface area contributed by atoms with Gasteiger partial charge in [-0.1, -0.05) is 273 Å². The Hall–Kier alpha value is -3.15. The van der Waals surface area contributed by atoms with Crippen molar-refractivity contribution in [3.8, 4) is 0 Å². The van der Waals surface area contributed by atoms with Crippen molar-refractivity contribution in [3.05, 3.63) is 72.9 Å². The average Bonchev–Trinajstić information content (AvgIpc) is 3.35. The van der Waals surface area contributed by atoms with E-state index >= 15 is 0 Å². The third kappa shape index (κ3) is 55.6. The van der Waals surface area contributed by atoms with Crippen LogP contribution in [0.5, 0.6) is 0 Å². The van der Waals surface area contributed by atoms with Crippen LogP contribution < -0.4 is 0 Å². The minimum Gasteiger partial charge on any atom is -0.462 e. The van der Waals surface area contributed by atoms with Crippen molar-refractivity contribution >= 4 is 17.9 Å². The van der Waals surface area contributed by atoms with Crippen molar-refractivity contribution < 1.29 is 28.6 Å². The van der Waals surface area contributed by atoms with E-state index in [2.05, 4.69) is 93.7 Å². The number of carbonyl (C=O) groups is 3. The van der Waals surface area contributed by atoms with Gasteiger partial charge in [0.2, 0.25) is 0 Å². The van der Waals surface area contributed by atoms with Gasteiger partial charge in [0.15, 0.2) is 6.10 Å². The number of hydrogen-bond acceptors (Lipinski definition) is 6. The fourth-order valence-electron chi connectivity index (χ4n) is 8.33. The van der Waals surface area contributed by atoms with Crippen LogP contribution in [-0.2, 0) is 28.6 Å². The molecule has 6 nitrogen and oxygen atoms in total. The first kappa shape index (κ1) is 65.8. The fraction of sp³-hybridized carbons (Fsp3) is 0.762. The lowest BCUT2D eigenvalue weighted by Gasteiger charge is -2.18. The summed E-state index contributed by atoms with van der Waals surface area (Å²) in [5.74, 6) is -0.880. The molecular weight excluding hydrogens is 853 g/mol. The Kier molecular flexibility index (Phi) is 54.8. The van der Waals surface area contributed by atoms with Crippen molar-refractivity contribution in [3.63, 3.8) is 0 Å². The summed E-state index contributed by atoms with van der Waals surface area (Å²) in [6.07, 6.45) is 73.2. The Balaban J connectivity index is 4.31. The third-order valence-electron chi connectivity index (χ3n) is 12.7. The first-order chi connectivity index (χ1) is 34.0. The highest BCUT2D eigenvalue weighted by atomic mass is 16.6. The van der Waals surface area contributed by atoms with Crippen LogP contribution in [0.25, 0.3) is 0 Å². The van der Waals surface area contributed by atoms with Gasteiger partial charge in [-0.25, -0.2) is 0 Å². The zero-order chi connectivity index (χ0) is 50.0. The van der Waals surface area contributed by atoms with E-state index in [0.717, 1.165) is 103 Å². The summed E-state index contributed by atoms with van der Waals surface area (Å²) >= 11 is 0. The lowest BCUT2D eigenvalue weighted by atomic mass is 10.0. The SMILES string of the molecule is CC/C=C\C/C=C\C/C=C\C/C=C\C/C=C\C/C=C\CCCCCCCCC(=O)OCC(COC(=O)CCCCCCCCCCCCCC)OC(=O)CCCCCCCCCCCCCCCC. The second-order valence-corrected chi connectivity index (χ2v) is 19.5. The van der Waals surface area contributed by atoms with Gasteiger partial charge in [0.1, 0.15) is 13.2 Å². The predicted octanol–water partition coefficient (Wildman–Crippen LogP) is 19.8. The van der Waals surface area contributed by atoms with Gasteiger partial charge in [0.25, 0.3) is 0 Å². The first-order valence-corrected chi connectivity index (χ1v) is 29.4. The molecule has 0 fully saturated rings. The smallest absolute Gasteiger partial charge is 0.306 e. The topological polar surface area (TPSA) is 78.9 Å². The molecule has 0 bridgehead atoms. The number of carbonyl (C=O) groups excluding carboxylic acids is 3. The molecule has 398 valence electrons. The molecule has 69 heavy (non-hydrogen) atoms. The number of allylic oxidation sites excluding steroid dienone is 12. The van der Waals surface area contributed by atoms with Crippen molar-refractivity contribution in [1.82, 2.24) is 0 Å². The Morgan fingerprint density at radius 3 is 0.884 bits per heavy atom. The lowest BCUT2D eigenvalue weighted by molar-refractivity contribution is -0.167. The number of esters is 3. The minimum absolute atomic E-state index is 0.0760. The average molecular weight is 964 g/mol. The molecule has 0 N–H and O–H groups in total. The van der Waals surface area contributed by atoms with Crippen LogP contribution in [0.1, 0.15) is 290 Å². The molecule has 0 heterocycles. The van der Waals surface area contributed by atoms with Gasteiger partial charge < -0.3 is 14.2 Å². The molecule has 0 radical (unpaired) electrons. The zero-order valence-corrected chi connectivity index (χ0v) is 45.6. The van der Waals surface area contributed by atoms with Gasteiger partial charge in [0, 0.05) is 19.3 Å². The molecule has 0 aromatic carbocycles. The van der Waals surface area contributed by atoms with E-state index in [4.69, 9.17) is 14.2 Å². The van der Waals surface area contributed by atoms with Gasteiger partial charge in [-0.3, -0.25) is 14.4 Å². The van der Waals surface area contributed by atoms with Crippen LogP contribution in [-0.4, -0.2) is 37.2 Å². The second kappa shape index (κ2) is 57.4. The number of rotatable bonds is 53. The lowest BCUT2D eigenvalue weighted by Crippen LogP contribution is -2.30. The maximum Gasteiger partial charge on any atom is 0.306 e. The predicted molar refractivity (Wildman–Crippen MR) is 298 cm³/mol. The molecule has 0 rings (SSSR count). The summed E-state index contributed by atoms with van der Waals surface area (Å²) in [5.41, 5.74) is 0. The Morgan fingerprint density at radius 2 is 0.565 bits per heavy atom. The summed E-state index contributed by atoms with van der Waals surface area (Å²) < 4.78 is 16.9. The van der Waals surface area contributed by atoms with Gasteiger partial charge in [0.05, 0.1) is 0 Å². The summed E-state index contributed by atoms with van der Waals surface area (Å²) in [4.78, 5) is 38.1. The van der Waals surface area contributed by atoms with Gasteiger partial charge in [-0.05, 0) is 70.6 Å². The largest absolute Gasteiger partial charge is 0.462 e. The molecule has 0 saturated carbocycles. The third-order valence-corrected chi connectivity index (χ3v) is 12.7. The molecule has 0 saturated heterocycles. The number of hydrogen-bond donors (Lipinski definition) is 0. The van der Waals surface area contributed by atoms with E-state index in [1.54, 1.807) is 0 Å². The van der Waals surface area contributed by atoms with Crippen molar-refractivity contribution in [2.45, 2.75) is 297 Å². The highest BCUT2D eigenvalue weighted by Crippen LogP contribution is 2.16. The van der Waals surface area contributed by atoms with Crippen LogP contribution in [0.2, 0.25) is 0 Å². The standard InChI is InChI=1S/C63H110O6/c1-4-7-10-13-16-19-22-25-27-28-29-30-31-32-33-34-35-36-37-39-41-44-47-50-53-56-62(65)68-59-60(58-67-61(64)55-52-49-46-43-40-24-21-18-15-12-9-6-3)69-63(66)57-54-51-48-45-42-38-26-23-20-17-14-11-8-5-2/h7,10,16,19,25,27,29-30,32-33,35-36,60H,4-6,8-9,11-15,17-18,20-24,26,28,31,34,37-59H2,1-3H3/b10-7-,19-16-,27-25-,30-29-,33-32-,36-35-. The van der Waals surface area contributed by atoms with Gasteiger partial charge >= 0.3 is 17.9 Å². The van der Waals surface area contributed by atoms with E-state index in [1.165, 1.54) is 148 Å². The normalized spacial score (nSPS) is 12.6. The van der Waals surface area contributed by atoms with E-state index in [0.29, 0.717) is 19.3 Å². The van der Waals surface area contributed by atoms with Crippen LogP contribution in [0.15, 0.2) is 72.9 Å². The quantitative estimate of drug-likeness (QED) is 0.0262. The number of unbranched alkanes of at least 4 members (excludes halogenated alkanes) is 30.